The summed E-state index contributed by atoms with van der Waals surface area (Å²) in [7, 11) is 0. The highest BCUT2D eigenvalue weighted by Crippen LogP contribution is 2.10. The Kier molecular flexibility index (Phi) is 5.49. The van der Waals surface area contributed by atoms with Gasteiger partial charge in [-0.15, -0.1) is 0 Å². The number of benzene rings is 1. The summed E-state index contributed by atoms with van der Waals surface area (Å²) in [6.45, 7) is 4.06. The maximum Gasteiger partial charge on any atom is 0.370 e. The van der Waals surface area contributed by atoms with Crippen LogP contribution < -0.4 is 5.43 Å². The summed E-state index contributed by atoms with van der Waals surface area (Å²) in [6, 6.07) is 7.71. The third-order valence-electron chi connectivity index (χ3n) is 2.09. The van der Waals surface area contributed by atoms with Crippen LogP contribution in [0.1, 0.15) is 19.4 Å². The molecule has 0 spiro atoms. The first-order valence-corrected chi connectivity index (χ1v) is 5.80. The van der Waals surface area contributed by atoms with Crippen molar-refractivity contribution in [1.29, 1.82) is 0 Å². The van der Waals surface area contributed by atoms with Crippen molar-refractivity contribution < 1.29 is 9.53 Å². The maximum atomic E-state index is 11.1. The number of carbonyl (C=O) groups is 1. The van der Waals surface area contributed by atoms with Gasteiger partial charge < -0.3 is 4.74 Å². The number of esters is 1. The van der Waals surface area contributed by atoms with Crippen LogP contribution in [-0.2, 0) is 16.0 Å². The number of anilines is 1. The summed E-state index contributed by atoms with van der Waals surface area (Å²) in [4.78, 5) is 11.1. The number of hydrogen-bond acceptors (Lipinski definition) is 4. The van der Waals surface area contributed by atoms with Crippen molar-refractivity contribution in [2.75, 3.05) is 12.0 Å². The van der Waals surface area contributed by atoms with E-state index in [9.17, 15) is 4.79 Å². The molecule has 92 valence electrons. The van der Waals surface area contributed by atoms with E-state index in [-0.39, 0.29) is 11.8 Å². The highest BCUT2D eigenvalue weighted by atomic mass is 35.5. The summed E-state index contributed by atoms with van der Waals surface area (Å²) >= 11 is 5.63. The molecule has 4 nitrogen and oxygen atoms in total. The smallest absolute Gasteiger partial charge is 0.370 e. The topological polar surface area (TPSA) is 50.7 Å². The van der Waals surface area contributed by atoms with Crippen LogP contribution in [0.2, 0.25) is 0 Å². The van der Waals surface area contributed by atoms with Crippen molar-refractivity contribution in [3.63, 3.8) is 0 Å². The number of hydrogen-bond donors (Lipinski definition) is 1. The molecule has 0 aliphatic rings. The standard InChI is InChI=1S/C12H15ClN2O2/c1-3-9-5-7-10(8-6-9)14-15-11(13)12(16)17-4-2/h5-8,14H,3-4H2,1-2H3/b15-11+. The Bertz CT molecular complexity index is 401. The zero-order chi connectivity index (χ0) is 12.7. The van der Waals surface area contributed by atoms with Gasteiger partial charge in [0.2, 0.25) is 5.17 Å². The lowest BCUT2D eigenvalue weighted by Crippen LogP contribution is -2.13. The highest BCUT2D eigenvalue weighted by molar-refractivity contribution is 6.82. The molecule has 1 N–H and O–H groups in total. The summed E-state index contributed by atoms with van der Waals surface area (Å²) in [5.41, 5.74) is 4.69. The molecule has 0 unspecified atom stereocenters. The third-order valence-corrected chi connectivity index (χ3v) is 2.33. The number of hydrazone groups is 1. The molecule has 1 aromatic carbocycles. The lowest BCUT2D eigenvalue weighted by molar-refractivity contribution is -0.134. The number of rotatable bonds is 5. The third kappa shape index (κ3) is 4.44. The molecule has 0 heterocycles. The minimum Gasteiger partial charge on any atom is -0.461 e. The van der Waals surface area contributed by atoms with Gasteiger partial charge in [0.1, 0.15) is 0 Å². The van der Waals surface area contributed by atoms with Gasteiger partial charge in [-0.3, -0.25) is 5.43 Å². The van der Waals surface area contributed by atoms with E-state index in [2.05, 4.69) is 22.2 Å². The van der Waals surface area contributed by atoms with Gasteiger partial charge >= 0.3 is 5.97 Å². The number of carbonyl (C=O) groups excluding carboxylic acids is 1. The Labute approximate surface area is 106 Å². The quantitative estimate of drug-likeness (QED) is 0.499. The molecular formula is C12H15ClN2O2. The molecule has 0 atom stereocenters. The van der Waals surface area contributed by atoms with E-state index in [0.717, 1.165) is 12.1 Å². The first kappa shape index (κ1) is 13.5. The highest BCUT2D eigenvalue weighted by Gasteiger charge is 2.08. The Morgan fingerprint density at radius 3 is 2.53 bits per heavy atom. The van der Waals surface area contributed by atoms with E-state index in [0.29, 0.717) is 0 Å². The second-order valence-corrected chi connectivity index (χ2v) is 3.64. The molecule has 0 bridgehead atoms. The van der Waals surface area contributed by atoms with Crippen molar-refractivity contribution >= 4 is 28.4 Å². The minimum absolute atomic E-state index is 0.216. The van der Waals surface area contributed by atoms with E-state index >= 15 is 0 Å². The van der Waals surface area contributed by atoms with E-state index in [1.54, 1.807) is 6.92 Å². The average Bonchev–Trinajstić information content (AvgIpc) is 2.36. The maximum absolute atomic E-state index is 11.1. The van der Waals surface area contributed by atoms with Gasteiger partial charge in [-0.1, -0.05) is 30.7 Å². The Hall–Kier alpha value is -1.55. The first-order valence-electron chi connectivity index (χ1n) is 5.42. The molecule has 1 aromatic rings. The van der Waals surface area contributed by atoms with E-state index in [4.69, 9.17) is 11.6 Å². The Morgan fingerprint density at radius 1 is 1.35 bits per heavy atom. The number of aryl methyl sites for hydroxylation is 1. The van der Waals surface area contributed by atoms with Crippen LogP contribution in [0.4, 0.5) is 5.69 Å². The minimum atomic E-state index is -0.633. The Balaban J connectivity index is 2.59. The zero-order valence-electron chi connectivity index (χ0n) is 9.87. The lowest BCUT2D eigenvalue weighted by atomic mass is 10.2. The molecule has 0 saturated heterocycles. The van der Waals surface area contributed by atoms with Crippen LogP contribution in [0.5, 0.6) is 0 Å². The molecule has 0 aliphatic heterocycles. The number of ether oxygens (including phenoxy) is 1. The molecule has 0 fully saturated rings. The fourth-order valence-corrected chi connectivity index (χ4v) is 1.26. The van der Waals surface area contributed by atoms with Gasteiger partial charge in [0.05, 0.1) is 12.3 Å². The number of nitrogens with one attached hydrogen (secondary N) is 1. The molecule has 0 radical (unpaired) electrons. The lowest BCUT2D eigenvalue weighted by Gasteiger charge is -2.03. The summed E-state index contributed by atoms with van der Waals surface area (Å²) in [6.07, 6.45) is 0.979. The molecule has 0 aliphatic carbocycles. The number of halogens is 1. The van der Waals surface area contributed by atoms with E-state index in [1.165, 1.54) is 5.56 Å². The first-order chi connectivity index (χ1) is 8.17. The average molecular weight is 255 g/mol. The Morgan fingerprint density at radius 2 is 2.00 bits per heavy atom. The summed E-state index contributed by atoms with van der Waals surface area (Å²) in [5.74, 6) is -0.633. The van der Waals surface area contributed by atoms with Gasteiger partial charge in [-0.25, -0.2) is 4.79 Å². The summed E-state index contributed by atoms with van der Waals surface area (Å²) < 4.78 is 4.69. The van der Waals surface area contributed by atoms with Gasteiger partial charge in [-0.05, 0) is 31.0 Å². The zero-order valence-corrected chi connectivity index (χ0v) is 10.6. The van der Waals surface area contributed by atoms with Crippen LogP contribution in [0.3, 0.4) is 0 Å². The van der Waals surface area contributed by atoms with Gasteiger partial charge in [0, 0.05) is 0 Å². The fourth-order valence-electron chi connectivity index (χ4n) is 1.16. The van der Waals surface area contributed by atoms with Crippen LogP contribution in [-0.4, -0.2) is 17.7 Å². The van der Waals surface area contributed by atoms with Crippen molar-refractivity contribution in [3.05, 3.63) is 29.8 Å². The van der Waals surface area contributed by atoms with Crippen LogP contribution in [0.25, 0.3) is 0 Å². The van der Waals surface area contributed by atoms with Crippen molar-refractivity contribution in [2.24, 2.45) is 5.10 Å². The summed E-state index contributed by atoms with van der Waals surface area (Å²) in [5, 5.41) is 3.51. The SMILES string of the molecule is CCOC(=O)/C(Cl)=N\Nc1ccc(CC)cc1. The second-order valence-electron chi connectivity index (χ2n) is 3.29. The van der Waals surface area contributed by atoms with Crippen molar-refractivity contribution in [2.45, 2.75) is 20.3 Å². The predicted octanol–water partition coefficient (Wildman–Crippen LogP) is 2.78. The molecule has 0 amide bonds. The molecule has 17 heavy (non-hydrogen) atoms. The van der Waals surface area contributed by atoms with Crippen molar-refractivity contribution in [1.82, 2.24) is 0 Å². The molecule has 1 rings (SSSR count). The molecular weight excluding hydrogens is 240 g/mol. The largest absolute Gasteiger partial charge is 0.461 e. The predicted molar refractivity (Wildman–Crippen MR) is 69.4 cm³/mol. The monoisotopic (exact) mass is 254 g/mol. The molecule has 0 aromatic heterocycles. The second kappa shape index (κ2) is 6.91. The number of nitrogens with zero attached hydrogens (tertiary/aromatic N) is 1. The van der Waals surface area contributed by atoms with Crippen molar-refractivity contribution in [3.8, 4) is 0 Å². The van der Waals surface area contributed by atoms with Gasteiger partial charge in [-0.2, -0.15) is 5.10 Å². The van der Waals surface area contributed by atoms with Gasteiger partial charge in [0.15, 0.2) is 0 Å². The van der Waals surface area contributed by atoms with Crippen LogP contribution in [0, 0.1) is 0 Å². The molecule has 0 saturated carbocycles. The van der Waals surface area contributed by atoms with E-state index in [1.807, 2.05) is 24.3 Å². The normalized spacial score (nSPS) is 11.1. The van der Waals surface area contributed by atoms with Crippen LogP contribution in [0.15, 0.2) is 29.4 Å². The fraction of sp³-hybridized carbons (Fsp3) is 0.333. The molecule has 5 heteroatoms. The van der Waals surface area contributed by atoms with E-state index < -0.39 is 5.97 Å². The van der Waals surface area contributed by atoms with Crippen LogP contribution >= 0.6 is 11.6 Å². The van der Waals surface area contributed by atoms with Gasteiger partial charge in [0.25, 0.3) is 0 Å².